The van der Waals surface area contributed by atoms with Crippen LogP contribution in [0.2, 0.25) is 0 Å². The molecule has 1 fully saturated rings. The van der Waals surface area contributed by atoms with Gasteiger partial charge in [0, 0.05) is 44.1 Å². The number of nitrogens with one attached hydrogen (secondary N) is 1. The third-order valence-corrected chi connectivity index (χ3v) is 4.47. The maximum absolute atomic E-state index is 5.34. The average molecular weight is 320 g/mol. The van der Waals surface area contributed by atoms with Crippen molar-refractivity contribution < 1.29 is 9.47 Å². The lowest BCUT2D eigenvalue weighted by Crippen LogP contribution is -2.43. The average Bonchev–Trinajstić information content (AvgIpc) is 3.04. The number of anilines is 1. The number of nitrogens with zero attached hydrogens (tertiary/aromatic N) is 3. The van der Waals surface area contributed by atoms with Gasteiger partial charge in [-0.2, -0.15) is 4.37 Å². The number of benzene rings is 1. The van der Waals surface area contributed by atoms with Crippen LogP contribution in [0.25, 0.3) is 0 Å². The lowest BCUT2D eigenvalue weighted by atomic mass is 10.1. The molecule has 2 aromatic rings. The number of rotatable bonds is 5. The van der Waals surface area contributed by atoms with Gasteiger partial charge in [0.2, 0.25) is 5.13 Å². The van der Waals surface area contributed by atoms with Crippen molar-refractivity contribution in [2.75, 3.05) is 45.3 Å². The third-order valence-electron chi connectivity index (χ3n) is 3.66. The van der Waals surface area contributed by atoms with Crippen LogP contribution in [0, 0.1) is 0 Å². The highest BCUT2D eigenvalue weighted by atomic mass is 32.1. The summed E-state index contributed by atoms with van der Waals surface area (Å²) in [5.41, 5.74) is 1.11. The minimum absolute atomic E-state index is 0.697. The van der Waals surface area contributed by atoms with E-state index in [-0.39, 0.29) is 0 Å². The van der Waals surface area contributed by atoms with Gasteiger partial charge in [-0.1, -0.05) is 6.07 Å². The topological polar surface area (TPSA) is 59.5 Å². The van der Waals surface area contributed by atoms with E-state index in [1.54, 1.807) is 14.2 Å². The second kappa shape index (κ2) is 6.93. The van der Waals surface area contributed by atoms with Crippen molar-refractivity contribution in [3.63, 3.8) is 0 Å². The van der Waals surface area contributed by atoms with E-state index in [9.17, 15) is 0 Å². The number of methoxy groups -OCH3 is 2. The third kappa shape index (κ3) is 3.31. The molecule has 0 atom stereocenters. The molecule has 1 N–H and O–H groups in total. The lowest BCUT2D eigenvalue weighted by Gasteiger charge is -2.26. The van der Waals surface area contributed by atoms with Crippen LogP contribution in [-0.4, -0.2) is 49.8 Å². The van der Waals surface area contributed by atoms with Crippen LogP contribution in [0.3, 0.4) is 0 Å². The summed E-state index contributed by atoms with van der Waals surface area (Å²) in [5, 5.41) is 4.35. The second-order valence-corrected chi connectivity index (χ2v) is 5.83. The van der Waals surface area contributed by atoms with Gasteiger partial charge in [0.25, 0.3) is 0 Å². The lowest BCUT2D eigenvalue weighted by molar-refractivity contribution is 0.354. The molecule has 1 aliphatic heterocycles. The van der Waals surface area contributed by atoms with E-state index in [0.717, 1.165) is 54.2 Å². The molecule has 0 unspecified atom stereocenters. The molecule has 0 saturated carbocycles. The first-order chi connectivity index (χ1) is 10.8. The number of aromatic nitrogens is 2. The quantitative estimate of drug-likeness (QED) is 0.902. The van der Waals surface area contributed by atoms with Crippen LogP contribution in [0.5, 0.6) is 11.5 Å². The molecular weight excluding hydrogens is 300 g/mol. The minimum Gasteiger partial charge on any atom is -0.493 e. The highest BCUT2D eigenvalue weighted by molar-refractivity contribution is 7.09. The number of piperazine rings is 1. The Morgan fingerprint density at radius 1 is 1.18 bits per heavy atom. The molecule has 2 heterocycles. The Hall–Kier alpha value is -1.86. The van der Waals surface area contributed by atoms with Crippen molar-refractivity contribution in [2.45, 2.75) is 6.42 Å². The van der Waals surface area contributed by atoms with E-state index in [0.29, 0.717) is 6.42 Å². The standard InChI is InChI=1S/C15H20N4O2S/c1-20-12-4-3-11(9-13(12)21-2)10-14-17-15(22-18-14)19-7-5-16-6-8-19/h3-4,9,16H,5-8,10H2,1-2H3. The Morgan fingerprint density at radius 2 is 1.95 bits per heavy atom. The summed E-state index contributed by atoms with van der Waals surface area (Å²) < 4.78 is 15.1. The summed E-state index contributed by atoms with van der Waals surface area (Å²) in [6.07, 6.45) is 0.697. The van der Waals surface area contributed by atoms with Crippen LogP contribution in [0.15, 0.2) is 18.2 Å². The Bertz CT molecular complexity index is 626. The number of hydrogen-bond acceptors (Lipinski definition) is 7. The molecule has 0 radical (unpaired) electrons. The predicted molar refractivity (Wildman–Crippen MR) is 87.3 cm³/mol. The van der Waals surface area contributed by atoms with Crippen molar-refractivity contribution in [1.82, 2.24) is 14.7 Å². The fourth-order valence-electron chi connectivity index (χ4n) is 2.47. The van der Waals surface area contributed by atoms with Crippen molar-refractivity contribution in [1.29, 1.82) is 0 Å². The van der Waals surface area contributed by atoms with Gasteiger partial charge in [-0.05, 0) is 17.7 Å². The molecule has 6 nitrogen and oxygen atoms in total. The van der Waals surface area contributed by atoms with Gasteiger partial charge in [0.15, 0.2) is 11.5 Å². The molecule has 1 aliphatic rings. The van der Waals surface area contributed by atoms with E-state index in [2.05, 4.69) is 19.6 Å². The summed E-state index contributed by atoms with van der Waals surface area (Å²) in [4.78, 5) is 6.94. The number of ether oxygens (including phenoxy) is 2. The monoisotopic (exact) mass is 320 g/mol. The normalized spacial score (nSPS) is 14.9. The first kappa shape index (κ1) is 15.1. The molecule has 0 bridgehead atoms. The first-order valence-corrected chi connectivity index (χ1v) is 8.06. The largest absolute Gasteiger partial charge is 0.493 e. The van der Waals surface area contributed by atoms with Crippen molar-refractivity contribution in [2.24, 2.45) is 0 Å². The summed E-state index contributed by atoms with van der Waals surface area (Å²) in [6, 6.07) is 5.91. The van der Waals surface area contributed by atoms with Gasteiger partial charge >= 0.3 is 0 Å². The summed E-state index contributed by atoms with van der Waals surface area (Å²) in [5.74, 6) is 2.32. The Balaban J connectivity index is 1.72. The molecule has 118 valence electrons. The van der Waals surface area contributed by atoms with Crippen LogP contribution in [0.4, 0.5) is 5.13 Å². The van der Waals surface area contributed by atoms with Gasteiger partial charge < -0.3 is 19.7 Å². The SMILES string of the molecule is COc1ccc(Cc2nsc(N3CCNCC3)n2)cc1OC. The van der Waals surface area contributed by atoms with Crippen LogP contribution >= 0.6 is 11.5 Å². The zero-order valence-corrected chi connectivity index (χ0v) is 13.7. The molecule has 1 saturated heterocycles. The highest BCUT2D eigenvalue weighted by Gasteiger charge is 2.15. The maximum atomic E-state index is 5.34. The molecule has 0 aliphatic carbocycles. The fraction of sp³-hybridized carbons (Fsp3) is 0.467. The molecule has 1 aromatic carbocycles. The van der Waals surface area contributed by atoms with Gasteiger partial charge in [0.1, 0.15) is 5.82 Å². The summed E-state index contributed by atoms with van der Waals surface area (Å²) in [7, 11) is 3.28. The maximum Gasteiger partial charge on any atom is 0.205 e. The zero-order valence-electron chi connectivity index (χ0n) is 12.8. The smallest absolute Gasteiger partial charge is 0.205 e. The van der Waals surface area contributed by atoms with E-state index in [1.807, 2.05) is 18.2 Å². The Morgan fingerprint density at radius 3 is 2.68 bits per heavy atom. The van der Waals surface area contributed by atoms with Crippen molar-refractivity contribution >= 4 is 16.7 Å². The van der Waals surface area contributed by atoms with Crippen LogP contribution < -0.4 is 19.7 Å². The first-order valence-electron chi connectivity index (χ1n) is 7.29. The molecule has 1 aromatic heterocycles. The van der Waals surface area contributed by atoms with Gasteiger partial charge in [-0.25, -0.2) is 4.98 Å². The summed E-state index contributed by atoms with van der Waals surface area (Å²) >= 11 is 1.47. The summed E-state index contributed by atoms with van der Waals surface area (Å²) in [6.45, 7) is 3.99. The predicted octanol–water partition coefficient (Wildman–Crippen LogP) is 1.56. The molecular formula is C15H20N4O2S. The van der Waals surface area contributed by atoms with Crippen molar-refractivity contribution in [3.05, 3.63) is 29.6 Å². The van der Waals surface area contributed by atoms with Crippen LogP contribution in [0.1, 0.15) is 11.4 Å². The van der Waals surface area contributed by atoms with E-state index in [4.69, 9.17) is 9.47 Å². The minimum atomic E-state index is 0.697. The van der Waals surface area contributed by atoms with Gasteiger partial charge in [-0.15, -0.1) is 0 Å². The molecule has 7 heteroatoms. The molecule has 22 heavy (non-hydrogen) atoms. The number of hydrogen-bond donors (Lipinski definition) is 1. The fourth-order valence-corrected chi connectivity index (χ4v) is 3.21. The second-order valence-electron chi connectivity index (χ2n) is 5.10. The van der Waals surface area contributed by atoms with E-state index >= 15 is 0 Å². The van der Waals surface area contributed by atoms with Gasteiger partial charge in [-0.3, -0.25) is 0 Å². The molecule has 3 rings (SSSR count). The highest BCUT2D eigenvalue weighted by Crippen LogP contribution is 2.28. The molecule has 0 spiro atoms. The molecule has 0 amide bonds. The van der Waals surface area contributed by atoms with Crippen molar-refractivity contribution in [3.8, 4) is 11.5 Å². The zero-order chi connectivity index (χ0) is 15.4. The Labute approximate surface area is 134 Å². The van der Waals surface area contributed by atoms with Gasteiger partial charge in [0.05, 0.1) is 14.2 Å². The Kier molecular flexibility index (Phi) is 4.74. The van der Waals surface area contributed by atoms with Crippen LogP contribution in [-0.2, 0) is 6.42 Å². The van der Waals surface area contributed by atoms with E-state index in [1.165, 1.54) is 11.5 Å². The van der Waals surface area contributed by atoms with E-state index < -0.39 is 0 Å².